The van der Waals surface area contributed by atoms with Gasteiger partial charge in [-0.25, -0.2) is 4.39 Å². The molecule has 28 heavy (non-hydrogen) atoms. The van der Waals surface area contributed by atoms with Crippen LogP contribution in [0, 0.1) is 5.82 Å². The van der Waals surface area contributed by atoms with Gasteiger partial charge >= 0.3 is 0 Å². The lowest BCUT2D eigenvalue weighted by Gasteiger charge is -2.05. The van der Waals surface area contributed by atoms with E-state index in [9.17, 15) is 4.39 Å². The molecule has 0 saturated heterocycles. The number of rotatable bonds is 6. The Labute approximate surface area is 178 Å². The first kappa shape index (κ1) is 20.6. The summed E-state index contributed by atoms with van der Waals surface area (Å²) in [4.78, 5) is 0. The molecule has 0 atom stereocenters. The van der Waals surface area contributed by atoms with Gasteiger partial charge in [0.05, 0.1) is 0 Å². The fourth-order valence-corrected chi connectivity index (χ4v) is 3.70. The molecular weight excluding hydrogens is 439 g/mol. The average Bonchev–Trinajstić information content (AvgIpc) is 3.01. The van der Waals surface area contributed by atoms with Crippen molar-refractivity contribution >= 4 is 39.2 Å². The standard InChI is InChI=1S/C23H20BrFN2.ClH/c24-20-8-11-23-22(12-20)19(14-26-13-17-6-9-21(25)10-7-17)16-27(23)15-18-4-2-1-3-5-18;/h1-12,16,26H,13-15H2;1H. The second kappa shape index (κ2) is 9.37. The van der Waals surface area contributed by atoms with Crippen LogP contribution in [0.3, 0.4) is 0 Å². The summed E-state index contributed by atoms with van der Waals surface area (Å²) in [6, 6.07) is 23.5. The minimum Gasteiger partial charge on any atom is -0.343 e. The highest BCUT2D eigenvalue weighted by atomic mass is 79.9. The van der Waals surface area contributed by atoms with E-state index in [4.69, 9.17) is 0 Å². The fourth-order valence-electron chi connectivity index (χ4n) is 3.34. The van der Waals surface area contributed by atoms with E-state index < -0.39 is 0 Å². The molecule has 0 unspecified atom stereocenters. The Bertz CT molecular complexity index is 1050. The fraction of sp³-hybridized carbons (Fsp3) is 0.130. The quantitative estimate of drug-likeness (QED) is 0.358. The molecule has 0 radical (unpaired) electrons. The SMILES string of the molecule is Cl.Fc1ccc(CNCc2cn(Cc3ccccc3)c3ccc(Br)cc23)cc1. The van der Waals surface area contributed by atoms with Gasteiger partial charge in [0.25, 0.3) is 0 Å². The molecule has 1 aromatic heterocycles. The van der Waals surface area contributed by atoms with Crippen LogP contribution in [0.1, 0.15) is 16.7 Å². The van der Waals surface area contributed by atoms with Crippen LogP contribution in [0.4, 0.5) is 4.39 Å². The number of hydrogen-bond donors (Lipinski definition) is 1. The van der Waals surface area contributed by atoms with Gasteiger partial charge in [0.2, 0.25) is 0 Å². The van der Waals surface area contributed by atoms with E-state index in [0.29, 0.717) is 6.54 Å². The Hall–Kier alpha value is -2.14. The molecule has 1 N–H and O–H groups in total. The van der Waals surface area contributed by atoms with Gasteiger partial charge < -0.3 is 9.88 Å². The Morgan fingerprint density at radius 3 is 2.36 bits per heavy atom. The largest absolute Gasteiger partial charge is 0.343 e. The minimum atomic E-state index is -0.201. The van der Waals surface area contributed by atoms with Crippen LogP contribution in [-0.2, 0) is 19.6 Å². The van der Waals surface area contributed by atoms with Gasteiger partial charge in [0.15, 0.2) is 0 Å². The third-order valence-electron chi connectivity index (χ3n) is 4.68. The van der Waals surface area contributed by atoms with Crippen LogP contribution in [0.15, 0.2) is 83.5 Å². The Kier molecular flexibility index (Phi) is 6.89. The molecule has 5 heteroatoms. The highest BCUT2D eigenvalue weighted by Crippen LogP contribution is 2.26. The summed E-state index contributed by atoms with van der Waals surface area (Å²) in [5.41, 5.74) is 4.83. The molecule has 0 spiro atoms. The lowest BCUT2D eigenvalue weighted by Crippen LogP contribution is -2.12. The predicted octanol–water partition coefficient (Wildman–Crippen LogP) is 6.30. The molecule has 1 heterocycles. The van der Waals surface area contributed by atoms with E-state index in [1.54, 1.807) is 0 Å². The van der Waals surface area contributed by atoms with E-state index in [2.05, 4.69) is 74.5 Å². The summed E-state index contributed by atoms with van der Waals surface area (Å²) in [5, 5.41) is 4.72. The zero-order valence-electron chi connectivity index (χ0n) is 15.2. The molecule has 4 aromatic rings. The van der Waals surface area contributed by atoms with Crippen molar-refractivity contribution in [2.24, 2.45) is 0 Å². The Morgan fingerprint density at radius 1 is 0.857 bits per heavy atom. The summed E-state index contributed by atoms with van der Waals surface area (Å²) in [6.45, 7) is 2.31. The summed E-state index contributed by atoms with van der Waals surface area (Å²) < 4.78 is 16.4. The molecule has 0 aliphatic rings. The van der Waals surface area contributed by atoms with Crippen molar-refractivity contribution in [3.05, 3.63) is 106 Å². The third-order valence-corrected chi connectivity index (χ3v) is 5.17. The van der Waals surface area contributed by atoms with E-state index in [-0.39, 0.29) is 18.2 Å². The molecule has 144 valence electrons. The van der Waals surface area contributed by atoms with Crippen molar-refractivity contribution in [1.29, 1.82) is 0 Å². The lowest BCUT2D eigenvalue weighted by atomic mass is 10.1. The minimum absolute atomic E-state index is 0. The average molecular weight is 460 g/mol. The van der Waals surface area contributed by atoms with E-state index in [1.165, 1.54) is 34.2 Å². The number of nitrogens with zero attached hydrogens (tertiary/aromatic N) is 1. The van der Waals surface area contributed by atoms with Crippen LogP contribution in [0.25, 0.3) is 10.9 Å². The van der Waals surface area contributed by atoms with Gasteiger partial charge in [-0.15, -0.1) is 12.4 Å². The molecule has 0 aliphatic carbocycles. The van der Waals surface area contributed by atoms with Gasteiger partial charge in [0, 0.05) is 41.2 Å². The first-order valence-electron chi connectivity index (χ1n) is 8.95. The first-order valence-corrected chi connectivity index (χ1v) is 9.75. The van der Waals surface area contributed by atoms with Gasteiger partial charge in [-0.3, -0.25) is 0 Å². The highest BCUT2D eigenvalue weighted by Gasteiger charge is 2.09. The topological polar surface area (TPSA) is 17.0 Å². The summed E-state index contributed by atoms with van der Waals surface area (Å²) in [5.74, 6) is -0.201. The van der Waals surface area contributed by atoms with Crippen LogP contribution in [0.2, 0.25) is 0 Å². The summed E-state index contributed by atoms with van der Waals surface area (Å²) >= 11 is 3.59. The molecule has 2 nitrogen and oxygen atoms in total. The van der Waals surface area contributed by atoms with Crippen molar-refractivity contribution in [3.8, 4) is 0 Å². The van der Waals surface area contributed by atoms with Gasteiger partial charge in [-0.2, -0.15) is 0 Å². The monoisotopic (exact) mass is 458 g/mol. The summed E-state index contributed by atoms with van der Waals surface area (Å²) in [6.07, 6.45) is 2.22. The summed E-state index contributed by atoms with van der Waals surface area (Å²) in [7, 11) is 0. The second-order valence-electron chi connectivity index (χ2n) is 6.66. The van der Waals surface area contributed by atoms with Crippen molar-refractivity contribution < 1.29 is 4.39 Å². The van der Waals surface area contributed by atoms with Crippen molar-refractivity contribution in [2.75, 3.05) is 0 Å². The second-order valence-corrected chi connectivity index (χ2v) is 7.58. The highest BCUT2D eigenvalue weighted by molar-refractivity contribution is 9.10. The zero-order valence-corrected chi connectivity index (χ0v) is 17.6. The molecule has 0 aliphatic heterocycles. The number of benzene rings is 3. The molecular formula is C23H21BrClFN2. The lowest BCUT2D eigenvalue weighted by molar-refractivity contribution is 0.625. The van der Waals surface area contributed by atoms with Crippen LogP contribution in [0.5, 0.6) is 0 Å². The van der Waals surface area contributed by atoms with Crippen molar-refractivity contribution in [3.63, 3.8) is 0 Å². The first-order chi connectivity index (χ1) is 13.2. The normalized spacial score (nSPS) is 10.8. The predicted molar refractivity (Wildman–Crippen MR) is 119 cm³/mol. The van der Waals surface area contributed by atoms with Gasteiger partial charge in [-0.05, 0) is 47.0 Å². The van der Waals surface area contributed by atoms with E-state index in [1.807, 2.05) is 18.2 Å². The molecule has 0 fully saturated rings. The number of hydrogen-bond acceptors (Lipinski definition) is 1. The maximum Gasteiger partial charge on any atom is 0.123 e. The van der Waals surface area contributed by atoms with E-state index >= 15 is 0 Å². The zero-order chi connectivity index (χ0) is 18.6. The van der Waals surface area contributed by atoms with Gasteiger partial charge in [-0.1, -0.05) is 58.4 Å². The van der Waals surface area contributed by atoms with Crippen LogP contribution >= 0.6 is 28.3 Å². The number of aromatic nitrogens is 1. The maximum absolute atomic E-state index is 13.0. The van der Waals surface area contributed by atoms with Crippen molar-refractivity contribution in [2.45, 2.75) is 19.6 Å². The molecule has 4 rings (SSSR count). The third kappa shape index (κ3) is 4.82. The molecule has 3 aromatic carbocycles. The van der Waals surface area contributed by atoms with Crippen LogP contribution < -0.4 is 5.32 Å². The maximum atomic E-state index is 13.0. The number of halogens is 3. The molecule has 0 bridgehead atoms. The number of fused-ring (bicyclic) bond motifs is 1. The number of nitrogens with one attached hydrogen (secondary N) is 1. The smallest absolute Gasteiger partial charge is 0.123 e. The molecule has 0 amide bonds. The Balaban J connectivity index is 0.00000225. The van der Waals surface area contributed by atoms with Crippen LogP contribution in [-0.4, -0.2) is 4.57 Å². The van der Waals surface area contributed by atoms with E-state index in [0.717, 1.165) is 23.1 Å². The molecule has 0 saturated carbocycles. The Morgan fingerprint density at radius 2 is 1.61 bits per heavy atom. The van der Waals surface area contributed by atoms with Crippen molar-refractivity contribution in [1.82, 2.24) is 9.88 Å². The van der Waals surface area contributed by atoms with Gasteiger partial charge in [0.1, 0.15) is 5.82 Å².